The van der Waals surface area contributed by atoms with E-state index < -0.39 is 0 Å². The molecule has 0 radical (unpaired) electrons. The topological polar surface area (TPSA) is 140 Å². The van der Waals surface area contributed by atoms with Crippen molar-refractivity contribution in [2.24, 2.45) is 12.8 Å². The number of nitrogens with one attached hydrogen (secondary N) is 3. The molecule has 1 aliphatic rings. The Bertz CT molecular complexity index is 1320. The zero-order valence-electron chi connectivity index (χ0n) is 18.6. The summed E-state index contributed by atoms with van der Waals surface area (Å²) in [6.45, 7) is 0. The smallest absolute Gasteiger partial charge is 0.276 e. The number of amides is 1. The van der Waals surface area contributed by atoms with E-state index in [9.17, 15) is 4.79 Å². The molecule has 5 N–H and O–H groups in total. The fourth-order valence-electron chi connectivity index (χ4n) is 4.05. The number of rotatable bonds is 6. The van der Waals surface area contributed by atoms with Crippen LogP contribution < -0.4 is 21.7 Å². The molecule has 0 aliphatic heterocycles. The van der Waals surface area contributed by atoms with E-state index in [2.05, 4.69) is 36.1 Å². The molecule has 1 amide bonds. The molecular weight excluding hydrogens is 456 g/mol. The molecule has 0 saturated heterocycles. The Balaban J connectivity index is 1.49. The van der Waals surface area contributed by atoms with Crippen molar-refractivity contribution in [3.05, 3.63) is 53.7 Å². The highest BCUT2D eigenvalue weighted by molar-refractivity contribution is 6.29. The molecule has 34 heavy (non-hydrogen) atoms. The highest BCUT2D eigenvalue weighted by Gasteiger charge is 2.21. The Labute approximate surface area is 200 Å². The first kappa shape index (κ1) is 22.1. The third-order valence-electron chi connectivity index (χ3n) is 5.78. The summed E-state index contributed by atoms with van der Waals surface area (Å²) >= 11 is 5.95. The van der Waals surface area contributed by atoms with Gasteiger partial charge in [-0.3, -0.25) is 9.48 Å². The number of nitrogens with two attached hydrogens (primary N) is 1. The van der Waals surface area contributed by atoms with Gasteiger partial charge in [0.25, 0.3) is 5.91 Å². The number of aromatic nitrogens is 6. The zero-order valence-corrected chi connectivity index (χ0v) is 19.3. The highest BCUT2D eigenvalue weighted by Crippen LogP contribution is 2.26. The van der Waals surface area contributed by atoms with E-state index in [1.165, 1.54) is 16.9 Å². The molecule has 1 aliphatic carbocycles. The van der Waals surface area contributed by atoms with Gasteiger partial charge in [0, 0.05) is 49.3 Å². The number of hydrogen-bond acceptors (Lipinski definition) is 8. The number of pyridine rings is 1. The van der Waals surface area contributed by atoms with Crippen molar-refractivity contribution < 1.29 is 4.79 Å². The number of fused-ring (bicyclic) bond motifs is 1. The molecule has 11 nitrogen and oxygen atoms in total. The monoisotopic (exact) mass is 480 g/mol. The fourth-order valence-corrected chi connectivity index (χ4v) is 4.23. The van der Waals surface area contributed by atoms with Crippen LogP contribution in [0.15, 0.2) is 42.9 Å². The van der Waals surface area contributed by atoms with Crippen molar-refractivity contribution in [2.75, 3.05) is 16.0 Å². The van der Waals surface area contributed by atoms with E-state index in [-0.39, 0.29) is 28.8 Å². The quantitative estimate of drug-likeness (QED) is 0.308. The summed E-state index contributed by atoms with van der Waals surface area (Å²) in [6, 6.07) is 7.49. The van der Waals surface area contributed by atoms with Gasteiger partial charge in [-0.25, -0.2) is 14.5 Å². The molecular formula is C22H25ClN10O. The molecule has 1 fully saturated rings. The van der Waals surface area contributed by atoms with E-state index >= 15 is 0 Å². The Morgan fingerprint density at radius 2 is 1.94 bits per heavy atom. The summed E-state index contributed by atoms with van der Waals surface area (Å²) in [4.78, 5) is 21.5. The average Bonchev–Trinajstić information content (AvgIpc) is 3.41. The van der Waals surface area contributed by atoms with Gasteiger partial charge in [-0.1, -0.05) is 11.6 Å². The Morgan fingerprint density at radius 3 is 2.68 bits per heavy atom. The summed E-state index contributed by atoms with van der Waals surface area (Å²) in [6.07, 6.45) is 8.72. The van der Waals surface area contributed by atoms with Crippen molar-refractivity contribution in [3.8, 4) is 0 Å². The number of aryl methyl sites for hydroxylation is 1. The van der Waals surface area contributed by atoms with Crippen LogP contribution in [-0.4, -0.2) is 47.4 Å². The fraction of sp³-hybridized carbons (Fsp3) is 0.318. The molecule has 4 aromatic heterocycles. The SMILES string of the molecule is Cn1ccc(Nc2cc(NC3CCC(N)CC3)nn3c(C(=O)Nc4ccnc(Cl)c4)cnc23)n1. The van der Waals surface area contributed by atoms with Gasteiger partial charge >= 0.3 is 0 Å². The number of carbonyl (C=O) groups excluding carboxylic acids is 1. The maximum Gasteiger partial charge on any atom is 0.276 e. The lowest BCUT2D eigenvalue weighted by Crippen LogP contribution is -2.33. The number of halogens is 1. The lowest BCUT2D eigenvalue weighted by molar-refractivity contribution is 0.102. The Hall–Kier alpha value is -3.70. The molecule has 4 aromatic rings. The average molecular weight is 481 g/mol. The van der Waals surface area contributed by atoms with Crippen LogP contribution in [0, 0.1) is 0 Å². The standard InChI is InChI=1S/C22H25ClN10O/c1-32-9-7-19(30-32)29-16-11-20(27-14-4-2-13(24)3-5-14)31-33-17(12-26-21(16)33)22(34)28-15-6-8-25-18(23)10-15/h6-14H,2-5,24H2,1H3,(H,27,31)(H,29,30)(H,25,28,34). The summed E-state index contributed by atoms with van der Waals surface area (Å²) in [5.74, 6) is 0.919. The van der Waals surface area contributed by atoms with Crippen molar-refractivity contribution in [1.82, 2.24) is 29.4 Å². The Morgan fingerprint density at radius 1 is 1.12 bits per heavy atom. The molecule has 0 spiro atoms. The largest absolute Gasteiger partial charge is 0.366 e. The minimum atomic E-state index is -0.369. The normalized spacial score (nSPS) is 18.1. The number of imidazole rings is 1. The van der Waals surface area contributed by atoms with Gasteiger partial charge in [0.05, 0.1) is 11.9 Å². The minimum Gasteiger partial charge on any atom is -0.366 e. The van der Waals surface area contributed by atoms with E-state index in [4.69, 9.17) is 17.3 Å². The van der Waals surface area contributed by atoms with E-state index in [1.54, 1.807) is 16.8 Å². The zero-order chi connectivity index (χ0) is 23.7. The Kier molecular flexibility index (Phi) is 6.03. The van der Waals surface area contributed by atoms with Gasteiger partial charge in [0.2, 0.25) is 0 Å². The van der Waals surface area contributed by atoms with Crippen LogP contribution in [0.25, 0.3) is 5.65 Å². The number of anilines is 4. The second-order valence-corrected chi connectivity index (χ2v) is 8.79. The third kappa shape index (κ3) is 4.80. The first-order chi connectivity index (χ1) is 16.4. The second kappa shape index (κ2) is 9.27. The summed E-state index contributed by atoms with van der Waals surface area (Å²) in [7, 11) is 1.84. The number of nitrogens with zero attached hydrogens (tertiary/aromatic N) is 6. The molecule has 0 bridgehead atoms. The van der Waals surface area contributed by atoms with Gasteiger partial charge in [0.15, 0.2) is 17.2 Å². The predicted molar refractivity (Wildman–Crippen MR) is 131 cm³/mol. The lowest BCUT2D eigenvalue weighted by atomic mass is 9.92. The molecule has 1 saturated carbocycles. The maximum absolute atomic E-state index is 13.1. The number of carbonyl (C=O) groups is 1. The summed E-state index contributed by atoms with van der Waals surface area (Å²) < 4.78 is 3.23. The van der Waals surface area contributed by atoms with Gasteiger partial charge < -0.3 is 21.7 Å². The molecule has 4 heterocycles. The second-order valence-electron chi connectivity index (χ2n) is 8.40. The van der Waals surface area contributed by atoms with Crippen molar-refractivity contribution in [2.45, 2.75) is 37.8 Å². The third-order valence-corrected chi connectivity index (χ3v) is 5.99. The van der Waals surface area contributed by atoms with Crippen LogP contribution in [0.3, 0.4) is 0 Å². The molecule has 0 atom stereocenters. The number of hydrogen-bond donors (Lipinski definition) is 4. The lowest BCUT2D eigenvalue weighted by Gasteiger charge is -2.27. The van der Waals surface area contributed by atoms with Gasteiger partial charge in [-0.05, 0) is 37.8 Å². The van der Waals surface area contributed by atoms with Crippen LogP contribution in [0.1, 0.15) is 36.2 Å². The molecule has 0 unspecified atom stereocenters. The molecule has 0 aromatic carbocycles. The molecule has 5 rings (SSSR count). The van der Waals surface area contributed by atoms with Crippen LogP contribution >= 0.6 is 11.6 Å². The van der Waals surface area contributed by atoms with Crippen molar-refractivity contribution in [3.63, 3.8) is 0 Å². The van der Waals surface area contributed by atoms with Crippen molar-refractivity contribution in [1.29, 1.82) is 0 Å². The molecule has 176 valence electrons. The summed E-state index contributed by atoms with van der Waals surface area (Å²) in [5, 5.41) is 19.0. The van der Waals surface area contributed by atoms with Crippen LogP contribution in [0.4, 0.5) is 23.0 Å². The van der Waals surface area contributed by atoms with Gasteiger partial charge in [-0.15, -0.1) is 5.10 Å². The first-order valence-electron chi connectivity index (χ1n) is 11.0. The van der Waals surface area contributed by atoms with E-state index in [0.717, 1.165) is 25.7 Å². The van der Waals surface area contributed by atoms with Crippen molar-refractivity contribution >= 4 is 46.2 Å². The van der Waals surface area contributed by atoms with E-state index in [0.29, 0.717) is 28.7 Å². The minimum absolute atomic E-state index is 0.250. The van der Waals surface area contributed by atoms with Gasteiger partial charge in [0.1, 0.15) is 11.0 Å². The molecule has 12 heteroatoms. The van der Waals surface area contributed by atoms with Gasteiger partial charge in [-0.2, -0.15) is 5.10 Å². The predicted octanol–water partition coefficient (Wildman–Crippen LogP) is 3.19. The van der Waals surface area contributed by atoms with Crippen LogP contribution in [0.5, 0.6) is 0 Å². The van der Waals surface area contributed by atoms with E-state index in [1.807, 2.05) is 25.4 Å². The summed E-state index contributed by atoms with van der Waals surface area (Å²) in [5.41, 5.74) is 8.04. The van der Waals surface area contributed by atoms with Crippen LogP contribution in [0.2, 0.25) is 5.15 Å². The highest BCUT2D eigenvalue weighted by atomic mass is 35.5. The van der Waals surface area contributed by atoms with Crippen LogP contribution in [-0.2, 0) is 7.05 Å². The first-order valence-corrected chi connectivity index (χ1v) is 11.4. The maximum atomic E-state index is 13.1.